The standard InChI is InChI=1S/C12H18N4O/c1-2-3-6-16(7-8-17)12-11(14)10(9-13)4-5-15-12/h4-5,17H,2-3,6-8,14H2,1H3. The fourth-order valence-electron chi connectivity index (χ4n) is 1.60. The van der Waals surface area contributed by atoms with E-state index in [-0.39, 0.29) is 6.61 Å². The molecule has 0 radical (unpaired) electrons. The fourth-order valence-corrected chi connectivity index (χ4v) is 1.60. The molecule has 0 aliphatic rings. The van der Waals surface area contributed by atoms with Gasteiger partial charge in [0.25, 0.3) is 0 Å². The summed E-state index contributed by atoms with van der Waals surface area (Å²) in [5, 5.41) is 17.9. The Morgan fingerprint density at radius 1 is 1.53 bits per heavy atom. The third-order valence-electron chi connectivity index (χ3n) is 2.54. The molecule has 0 spiro atoms. The molecule has 0 atom stereocenters. The van der Waals surface area contributed by atoms with Crippen molar-refractivity contribution in [2.75, 3.05) is 30.3 Å². The third kappa shape index (κ3) is 3.33. The van der Waals surface area contributed by atoms with Crippen LogP contribution in [0, 0.1) is 11.3 Å². The Morgan fingerprint density at radius 3 is 2.88 bits per heavy atom. The van der Waals surface area contributed by atoms with E-state index in [2.05, 4.69) is 11.9 Å². The Hall–Kier alpha value is -1.80. The molecule has 0 saturated heterocycles. The molecule has 0 aliphatic heterocycles. The minimum Gasteiger partial charge on any atom is -0.395 e. The first-order valence-electron chi connectivity index (χ1n) is 5.75. The number of aliphatic hydroxyl groups excluding tert-OH is 1. The molecule has 3 N–H and O–H groups in total. The van der Waals surface area contributed by atoms with Crippen molar-refractivity contribution in [1.82, 2.24) is 4.98 Å². The van der Waals surface area contributed by atoms with E-state index in [0.717, 1.165) is 19.4 Å². The van der Waals surface area contributed by atoms with E-state index in [1.807, 2.05) is 11.0 Å². The maximum absolute atomic E-state index is 9.04. The first kappa shape index (κ1) is 13.3. The summed E-state index contributed by atoms with van der Waals surface area (Å²) in [4.78, 5) is 6.11. The normalized spacial score (nSPS) is 9.94. The molecule has 0 saturated carbocycles. The molecule has 1 aromatic heterocycles. The summed E-state index contributed by atoms with van der Waals surface area (Å²) in [6.07, 6.45) is 3.62. The van der Waals surface area contributed by atoms with Gasteiger partial charge in [-0.15, -0.1) is 0 Å². The van der Waals surface area contributed by atoms with Gasteiger partial charge in [0.1, 0.15) is 6.07 Å². The van der Waals surface area contributed by atoms with Crippen molar-refractivity contribution in [1.29, 1.82) is 5.26 Å². The highest BCUT2D eigenvalue weighted by atomic mass is 16.3. The van der Waals surface area contributed by atoms with Crippen molar-refractivity contribution < 1.29 is 5.11 Å². The summed E-state index contributed by atoms with van der Waals surface area (Å²) in [7, 11) is 0. The topological polar surface area (TPSA) is 86.2 Å². The van der Waals surface area contributed by atoms with Gasteiger partial charge in [-0.3, -0.25) is 0 Å². The molecule has 0 fully saturated rings. The summed E-state index contributed by atoms with van der Waals surface area (Å²) in [5.74, 6) is 0.589. The summed E-state index contributed by atoms with van der Waals surface area (Å²) in [5.41, 5.74) is 6.70. The van der Waals surface area contributed by atoms with Gasteiger partial charge in [0.15, 0.2) is 5.82 Å². The van der Waals surface area contributed by atoms with Gasteiger partial charge in [0.05, 0.1) is 17.9 Å². The Balaban J connectivity index is 2.97. The fraction of sp³-hybridized carbons (Fsp3) is 0.500. The Kier molecular flexibility index (Phi) is 5.24. The molecule has 0 unspecified atom stereocenters. The molecule has 0 aromatic carbocycles. The summed E-state index contributed by atoms with van der Waals surface area (Å²) < 4.78 is 0. The lowest BCUT2D eigenvalue weighted by atomic mass is 10.2. The van der Waals surface area contributed by atoms with E-state index < -0.39 is 0 Å². The molecule has 1 aromatic rings. The molecule has 17 heavy (non-hydrogen) atoms. The van der Waals surface area contributed by atoms with Gasteiger partial charge in [-0.1, -0.05) is 13.3 Å². The highest BCUT2D eigenvalue weighted by Crippen LogP contribution is 2.23. The van der Waals surface area contributed by atoms with E-state index >= 15 is 0 Å². The van der Waals surface area contributed by atoms with Crippen LogP contribution in [0.5, 0.6) is 0 Å². The number of hydrogen-bond acceptors (Lipinski definition) is 5. The summed E-state index contributed by atoms with van der Waals surface area (Å²) in [6, 6.07) is 3.63. The van der Waals surface area contributed by atoms with Crippen molar-refractivity contribution >= 4 is 11.5 Å². The number of pyridine rings is 1. The van der Waals surface area contributed by atoms with Crippen LogP contribution in [0.15, 0.2) is 12.3 Å². The zero-order valence-corrected chi connectivity index (χ0v) is 10.1. The minimum absolute atomic E-state index is 0.0433. The Bertz CT molecular complexity index is 400. The molecule has 0 amide bonds. The largest absolute Gasteiger partial charge is 0.395 e. The lowest BCUT2D eigenvalue weighted by molar-refractivity contribution is 0.301. The second-order valence-corrected chi connectivity index (χ2v) is 3.77. The van der Waals surface area contributed by atoms with Crippen molar-refractivity contribution in [3.8, 4) is 6.07 Å². The molecule has 5 nitrogen and oxygen atoms in total. The Labute approximate surface area is 101 Å². The lowest BCUT2D eigenvalue weighted by Crippen LogP contribution is -2.29. The van der Waals surface area contributed by atoms with E-state index in [9.17, 15) is 0 Å². The van der Waals surface area contributed by atoms with E-state index in [1.54, 1.807) is 12.3 Å². The van der Waals surface area contributed by atoms with Crippen LogP contribution in [0.3, 0.4) is 0 Å². The van der Waals surface area contributed by atoms with Crippen LogP contribution in [0.25, 0.3) is 0 Å². The van der Waals surface area contributed by atoms with Gasteiger partial charge in [0, 0.05) is 19.3 Å². The van der Waals surface area contributed by atoms with Gasteiger partial charge >= 0.3 is 0 Å². The van der Waals surface area contributed by atoms with Crippen LogP contribution >= 0.6 is 0 Å². The minimum atomic E-state index is 0.0433. The van der Waals surface area contributed by atoms with Crippen LogP contribution in [0.4, 0.5) is 11.5 Å². The van der Waals surface area contributed by atoms with Gasteiger partial charge < -0.3 is 15.7 Å². The van der Waals surface area contributed by atoms with Gasteiger partial charge in [0.2, 0.25) is 0 Å². The number of hydrogen-bond donors (Lipinski definition) is 2. The van der Waals surface area contributed by atoms with Gasteiger partial charge in [-0.05, 0) is 12.5 Å². The molecule has 1 heterocycles. The molecule has 92 valence electrons. The van der Waals surface area contributed by atoms with Crippen molar-refractivity contribution in [2.24, 2.45) is 0 Å². The predicted molar refractivity (Wildman–Crippen MR) is 67.6 cm³/mol. The number of unbranched alkanes of at least 4 members (excludes halogenated alkanes) is 1. The van der Waals surface area contributed by atoms with Crippen molar-refractivity contribution in [3.63, 3.8) is 0 Å². The van der Waals surface area contributed by atoms with E-state index in [0.29, 0.717) is 23.6 Å². The second kappa shape index (κ2) is 6.71. The number of nitriles is 1. The van der Waals surface area contributed by atoms with Gasteiger partial charge in [-0.2, -0.15) is 5.26 Å². The molecule has 0 bridgehead atoms. The quantitative estimate of drug-likeness (QED) is 0.770. The average Bonchev–Trinajstić information content (AvgIpc) is 2.35. The van der Waals surface area contributed by atoms with Crippen LogP contribution in [0.2, 0.25) is 0 Å². The van der Waals surface area contributed by atoms with Crippen molar-refractivity contribution in [2.45, 2.75) is 19.8 Å². The zero-order chi connectivity index (χ0) is 12.7. The van der Waals surface area contributed by atoms with E-state index in [1.165, 1.54) is 0 Å². The number of aliphatic hydroxyl groups is 1. The maximum Gasteiger partial charge on any atom is 0.153 e. The van der Waals surface area contributed by atoms with Crippen LogP contribution in [-0.4, -0.2) is 29.8 Å². The highest BCUT2D eigenvalue weighted by molar-refractivity contribution is 5.69. The third-order valence-corrected chi connectivity index (χ3v) is 2.54. The summed E-state index contributed by atoms with van der Waals surface area (Å²) >= 11 is 0. The monoisotopic (exact) mass is 234 g/mol. The molecule has 1 rings (SSSR count). The molecule has 5 heteroatoms. The molecule has 0 aliphatic carbocycles. The van der Waals surface area contributed by atoms with Crippen molar-refractivity contribution in [3.05, 3.63) is 17.8 Å². The maximum atomic E-state index is 9.04. The Morgan fingerprint density at radius 2 is 2.29 bits per heavy atom. The smallest absolute Gasteiger partial charge is 0.153 e. The number of anilines is 2. The SMILES string of the molecule is CCCCN(CCO)c1nccc(C#N)c1N. The highest BCUT2D eigenvalue weighted by Gasteiger charge is 2.13. The number of nitrogens with two attached hydrogens (primary N) is 1. The predicted octanol–water partition coefficient (Wildman–Crippen LogP) is 1.13. The number of nitrogens with zero attached hydrogens (tertiary/aromatic N) is 3. The molecular weight excluding hydrogens is 216 g/mol. The van der Waals surface area contributed by atoms with Crippen LogP contribution < -0.4 is 10.6 Å². The number of aromatic nitrogens is 1. The first-order valence-corrected chi connectivity index (χ1v) is 5.75. The van der Waals surface area contributed by atoms with E-state index in [4.69, 9.17) is 16.1 Å². The van der Waals surface area contributed by atoms with Gasteiger partial charge in [-0.25, -0.2) is 4.98 Å². The zero-order valence-electron chi connectivity index (χ0n) is 10.1. The van der Waals surface area contributed by atoms with Crippen LogP contribution in [0.1, 0.15) is 25.3 Å². The second-order valence-electron chi connectivity index (χ2n) is 3.77. The first-order chi connectivity index (χ1) is 8.24. The number of nitrogen functional groups attached to an aromatic ring is 1. The average molecular weight is 234 g/mol. The lowest BCUT2D eigenvalue weighted by Gasteiger charge is -2.24. The van der Waals surface area contributed by atoms with Crippen LogP contribution in [-0.2, 0) is 0 Å². The summed E-state index contributed by atoms with van der Waals surface area (Å²) in [6.45, 7) is 3.40. The number of rotatable bonds is 6. The molecular formula is C12H18N4O.